The van der Waals surface area contributed by atoms with E-state index in [9.17, 15) is 0 Å². The lowest BCUT2D eigenvalue weighted by Crippen LogP contribution is -2.11. The Labute approximate surface area is 82.1 Å². The Hall–Kier alpha value is -0.480. The molecular weight excluding hydrogens is 184 g/mol. The minimum atomic E-state index is 0.508. The summed E-state index contributed by atoms with van der Waals surface area (Å²) in [6.45, 7) is 0.798. The summed E-state index contributed by atoms with van der Waals surface area (Å²) in [7, 11) is 0. The van der Waals surface area contributed by atoms with Gasteiger partial charge in [0.25, 0.3) is 5.22 Å². The van der Waals surface area contributed by atoms with Crippen molar-refractivity contribution < 1.29 is 4.42 Å². The van der Waals surface area contributed by atoms with E-state index in [4.69, 9.17) is 10.2 Å². The third kappa shape index (κ3) is 2.25. The molecule has 13 heavy (non-hydrogen) atoms. The van der Waals surface area contributed by atoms with Gasteiger partial charge in [-0.05, 0) is 31.2 Å². The van der Waals surface area contributed by atoms with Crippen molar-refractivity contribution in [3.05, 3.63) is 12.5 Å². The average molecular weight is 198 g/mol. The summed E-state index contributed by atoms with van der Waals surface area (Å²) in [5.41, 5.74) is 6.06. The smallest absolute Gasteiger partial charge is 0.255 e. The predicted molar refractivity (Wildman–Crippen MR) is 52.6 cm³/mol. The fourth-order valence-corrected chi connectivity index (χ4v) is 2.57. The van der Waals surface area contributed by atoms with E-state index < -0.39 is 0 Å². The highest BCUT2D eigenvalue weighted by Crippen LogP contribution is 2.51. The van der Waals surface area contributed by atoms with Crippen LogP contribution in [0.4, 0.5) is 0 Å². The van der Waals surface area contributed by atoms with E-state index >= 15 is 0 Å². The summed E-state index contributed by atoms with van der Waals surface area (Å²) in [5, 5.41) is 0.781. The van der Waals surface area contributed by atoms with Gasteiger partial charge in [0.1, 0.15) is 6.26 Å². The molecule has 3 nitrogen and oxygen atoms in total. The maximum atomic E-state index is 5.56. The fourth-order valence-electron chi connectivity index (χ4n) is 1.45. The van der Waals surface area contributed by atoms with E-state index in [1.807, 2.05) is 0 Å². The van der Waals surface area contributed by atoms with Gasteiger partial charge in [0, 0.05) is 5.75 Å². The molecule has 0 spiro atoms. The molecule has 0 atom stereocenters. The van der Waals surface area contributed by atoms with Crippen LogP contribution >= 0.6 is 11.8 Å². The quantitative estimate of drug-likeness (QED) is 0.734. The lowest BCUT2D eigenvalue weighted by molar-refractivity contribution is 0.451. The Morgan fingerprint density at radius 1 is 1.62 bits per heavy atom. The van der Waals surface area contributed by atoms with Crippen molar-refractivity contribution in [2.24, 2.45) is 11.1 Å². The van der Waals surface area contributed by atoms with E-state index in [2.05, 4.69) is 4.98 Å². The van der Waals surface area contributed by atoms with Crippen LogP contribution in [0.3, 0.4) is 0 Å². The molecule has 4 heteroatoms. The van der Waals surface area contributed by atoms with Gasteiger partial charge >= 0.3 is 0 Å². The van der Waals surface area contributed by atoms with E-state index in [1.54, 1.807) is 24.2 Å². The summed E-state index contributed by atoms with van der Waals surface area (Å²) in [4.78, 5) is 4.07. The molecule has 0 unspecified atom stereocenters. The number of nitrogens with zero attached hydrogens (tertiary/aromatic N) is 1. The van der Waals surface area contributed by atoms with Crippen LogP contribution in [0, 0.1) is 5.41 Å². The lowest BCUT2D eigenvalue weighted by atomic mass is 10.1. The molecule has 2 N–H and O–H groups in total. The van der Waals surface area contributed by atoms with Gasteiger partial charge in [0.2, 0.25) is 0 Å². The van der Waals surface area contributed by atoms with Crippen molar-refractivity contribution in [2.45, 2.75) is 24.5 Å². The van der Waals surface area contributed by atoms with Crippen LogP contribution in [0.2, 0.25) is 0 Å². The first-order valence-corrected chi connectivity index (χ1v) is 5.56. The maximum absolute atomic E-state index is 5.56. The Bertz CT molecular complexity index is 257. The topological polar surface area (TPSA) is 52.0 Å². The number of thioether (sulfide) groups is 1. The van der Waals surface area contributed by atoms with Gasteiger partial charge in [0.05, 0.1) is 6.20 Å². The van der Waals surface area contributed by atoms with Crippen molar-refractivity contribution in [2.75, 3.05) is 12.3 Å². The summed E-state index contributed by atoms with van der Waals surface area (Å²) in [6, 6.07) is 0. The van der Waals surface area contributed by atoms with E-state index in [1.165, 1.54) is 12.8 Å². The Kier molecular flexibility index (Phi) is 2.60. The highest BCUT2D eigenvalue weighted by Gasteiger charge is 2.41. The monoisotopic (exact) mass is 198 g/mol. The maximum Gasteiger partial charge on any atom is 0.255 e. The summed E-state index contributed by atoms with van der Waals surface area (Å²) >= 11 is 1.70. The Balaban J connectivity index is 1.79. The molecule has 0 radical (unpaired) electrons. The second kappa shape index (κ2) is 3.72. The second-order valence-corrected chi connectivity index (χ2v) is 4.55. The standard InChI is InChI=1S/C9H14N2OS/c10-4-3-9(1-2-9)7-13-8-11-5-6-12-8/h5-6H,1-4,7,10H2. The molecule has 0 aliphatic heterocycles. The lowest BCUT2D eigenvalue weighted by Gasteiger charge is -2.10. The van der Waals surface area contributed by atoms with Gasteiger partial charge in [-0.3, -0.25) is 0 Å². The van der Waals surface area contributed by atoms with Gasteiger partial charge in [0.15, 0.2) is 0 Å². The molecule has 1 saturated carbocycles. The molecule has 1 aromatic rings. The van der Waals surface area contributed by atoms with Crippen molar-refractivity contribution in [1.82, 2.24) is 4.98 Å². The first-order valence-electron chi connectivity index (χ1n) is 4.57. The number of hydrogen-bond acceptors (Lipinski definition) is 4. The van der Waals surface area contributed by atoms with Crippen LogP contribution in [0.25, 0.3) is 0 Å². The SMILES string of the molecule is NCCC1(CSc2ncco2)CC1. The zero-order valence-electron chi connectivity index (χ0n) is 7.53. The summed E-state index contributed by atoms with van der Waals surface area (Å²) in [6.07, 6.45) is 7.08. The fraction of sp³-hybridized carbons (Fsp3) is 0.667. The molecule has 1 heterocycles. The Morgan fingerprint density at radius 2 is 2.46 bits per heavy atom. The van der Waals surface area contributed by atoms with Crippen molar-refractivity contribution in [3.8, 4) is 0 Å². The molecule has 1 aliphatic rings. The largest absolute Gasteiger partial charge is 0.440 e. The average Bonchev–Trinajstić information content (AvgIpc) is 2.71. The molecule has 0 aromatic carbocycles. The summed E-state index contributed by atoms with van der Waals surface area (Å²) in [5.74, 6) is 1.10. The zero-order valence-corrected chi connectivity index (χ0v) is 8.35. The van der Waals surface area contributed by atoms with E-state index in [-0.39, 0.29) is 0 Å². The van der Waals surface area contributed by atoms with Crippen LogP contribution < -0.4 is 5.73 Å². The predicted octanol–water partition coefficient (Wildman–Crippen LogP) is 1.90. The molecule has 72 valence electrons. The van der Waals surface area contributed by atoms with Crippen LogP contribution in [0.15, 0.2) is 22.1 Å². The molecule has 0 bridgehead atoms. The molecule has 1 aromatic heterocycles. The minimum Gasteiger partial charge on any atom is -0.440 e. The van der Waals surface area contributed by atoms with Gasteiger partial charge in [-0.25, -0.2) is 4.98 Å². The molecule has 1 fully saturated rings. The number of nitrogens with two attached hydrogens (primary N) is 1. The van der Waals surface area contributed by atoms with Gasteiger partial charge in [-0.1, -0.05) is 11.8 Å². The molecule has 0 saturated heterocycles. The zero-order chi connectivity index (χ0) is 9.15. The number of hydrogen-bond donors (Lipinski definition) is 1. The van der Waals surface area contributed by atoms with Crippen LogP contribution in [0.5, 0.6) is 0 Å². The van der Waals surface area contributed by atoms with Gasteiger partial charge in [-0.2, -0.15) is 0 Å². The van der Waals surface area contributed by atoms with Crippen LogP contribution in [0.1, 0.15) is 19.3 Å². The van der Waals surface area contributed by atoms with Crippen LogP contribution in [-0.2, 0) is 0 Å². The molecular formula is C9H14N2OS. The Morgan fingerprint density at radius 3 is 3.00 bits per heavy atom. The number of rotatable bonds is 5. The van der Waals surface area contributed by atoms with E-state index in [0.29, 0.717) is 5.41 Å². The van der Waals surface area contributed by atoms with Gasteiger partial charge in [-0.15, -0.1) is 0 Å². The first kappa shape index (κ1) is 9.09. The van der Waals surface area contributed by atoms with Crippen molar-refractivity contribution in [3.63, 3.8) is 0 Å². The van der Waals surface area contributed by atoms with Gasteiger partial charge < -0.3 is 10.2 Å². The molecule has 0 amide bonds. The highest BCUT2D eigenvalue weighted by atomic mass is 32.2. The number of aromatic nitrogens is 1. The third-order valence-electron chi connectivity index (χ3n) is 2.54. The minimum absolute atomic E-state index is 0.508. The summed E-state index contributed by atoms with van der Waals surface area (Å²) < 4.78 is 5.16. The van der Waals surface area contributed by atoms with Crippen molar-refractivity contribution >= 4 is 11.8 Å². The molecule has 2 rings (SSSR count). The van der Waals surface area contributed by atoms with Crippen LogP contribution in [-0.4, -0.2) is 17.3 Å². The normalized spacial score (nSPS) is 18.8. The second-order valence-electron chi connectivity index (χ2n) is 3.63. The third-order valence-corrected chi connectivity index (χ3v) is 3.75. The van der Waals surface area contributed by atoms with E-state index in [0.717, 1.165) is 23.9 Å². The van der Waals surface area contributed by atoms with Crippen molar-refractivity contribution in [1.29, 1.82) is 0 Å². The highest BCUT2D eigenvalue weighted by molar-refractivity contribution is 7.99. The number of oxazole rings is 1. The first-order chi connectivity index (χ1) is 6.35. The molecule has 1 aliphatic carbocycles.